The fourth-order valence-corrected chi connectivity index (χ4v) is 2.34. The summed E-state index contributed by atoms with van der Waals surface area (Å²) in [5.41, 5.74) is 2.16. The highest BCUT2D eigenvalue weighted by Gasteiger charge is 2.10. The van der Waals surface area contributed by atoms with E-state index in [9.17, 15) is 4.39 Å². The van der Waals surface area contributed by atoms with Gasteiger partial charge in [-0.3, -0.25) is 0 Å². The Morgan fingerprint density at radius 2 is 1.85 bits per heavy atom. The van der Waals surface area contributed by atoms with Crippen molar-refractivity contribution in [1.82, 2.24) is 0 Å². The normalized spacial score (nSPS) is 11.8. The maximum absolute atomic E-state index is 13.3. The third-order valence-electron chi connectivity index (χ3n) is 2.88. The predicted molar refractivity (Wildman–Crippen MR) is 79.6 cm³/mol. The lowest BCUT2D eigenvalue weighted by molar-refractivity contribution is 0.628. The van der Waals surface area contributed by atoms with Crippen LogP contribution in [0.3, 0.4) is 0 Å². The Morgan fingerprint density at radius 1 is 1.20 bits per heavy atom. The van der Waals surface area contributed by atoms with Crippen molar-refractivity contribution in [3.8, 4) is 6.07 Å². The Morgan fingerprint density at radius 3 is 2.45 bits per heavy atom. The van der Waals surface area contributed by atoms with Crippen LogP contribution in [-0.4, -0.2) is 0 Å². The quantitative estimate of drug-likeness (QED) is 0.793. The highest BCUT2D eigenvalue weighted by molar-refractivity contribution is 6.35. The lowest BCUT2D eigenvalue weighted by atomic mass is 10.1. The topological polar surface area (TPSA) is 35.8 Å². The molecule has 0 fully saturated rings. The molecule has 1 unspecified atom stereocenters. The fraction of sp³-hybridized carbons (Fsp3) is 0.133. The molecule has 1 N–H and O–H groups in total. The molecule has 20 heavy (non-hydrogen) atoms. The van der Waals surface area contributed by atoms with Crippen molar-refractivity contribution in [3.63, 3.8) is 0 Å². The molecular weight excluding hydrogens is 298 g/mol. The molecule has 2 aromatic carbocycles. The molecule has 102 valence electrons. The molecule has 2 aromatic rings. The van der Waals surface area contributed by atoms with Crippen LogP contribution in [0.1, 0.15) is 24.1 Å². The molecule has 0 amide bonds. The van der Waals surface area contributed by atoms with E-state index in [4.69, 9.17) is 28.5 Å². The maximum Gasteiger partial charge on any atom is 0.160 e. The lowest BCUT2D eigenvalue weighted by Crippen LogP contribution is -2.07. The van der Waals surface area contributed by atoms with Crippen LogP contribution < -0.4 is 5.32 Å². The minimum atomic E-state index is -0.627. The van der Waals surface area contributed by atoms with Gasteiger partial charge < -0.3 is 5.32 Å². The van der Waals surface area contributed by atoms with Gasteiger partial charge in [0.15, 0.2) is 5.82 Å². The van der Waals surface area contributed by atoms with Crippen molar-refractivity contribution in [3.05, 3.63) is 63.4 Å². The SMILES string of the molecule is CC(Nc1cc(Cl)c(F)c(Cl)c1)c1cccc(C#N)c1. The molecule has 0 aromatic heterocycles. The summed E-state index contributed by atoms with van der Waals surface area (Å²) in [6.07, 6.45) is 0. The maximum atomic E-state index is 13.3. The zero-order valence-electron chi connectivity index (χ0n) is 10.6. The van der Waals surface area contributed by atoms with Crippen molar-refractivity contribution in [2.24, 2.45) is 0 Å². The van der Waals surface area contributed by atoms with Crippen LogP contribution >= 0.6 is 23.2 Å². The summed E-state index contributed by atoms with van der Waals surface area (Å²) in [4.78, 5) is 0. The zero-order chi connectivity index (χ0) is 14.7. The van der Waals surface area contributed by atoms with Gasteiger partial charge >= 0.3 is 0 Å². The first-order chi connectivity index (χ1) is 9.51. The molecule has 5 heteroatoms. The van der Waals surface area contributed by atoms with E-state index < -0.39 is 5.82 Å². The van der Waals surface area contributed by atoms with E-state index in [0.717, 1.165) is 5.56 Å². The predicted octanol–water partition coefficient (Wildman–Crippen LogP) is 5.18. The largest absolute Gasteiger partial charge is 0.378 e. The standard InChI is InChI=1S/C15H11Cl2FN2/c1-9(11-4-2-3-10(5-11)8-19)20-12-6-13(16)15(18)14(17)7-12/h2-7,9,20H,1H3. The van der Waals surface area contributed by atoms with E-state index in [2.05, 4.69) is 11.4 Å². The van der Waals surface area contributed by atoms with E-state index in [1.165, 1.54) is 12.1 Å². The molecule has 0 aliphatic carbocycles. The Hall–Kier alpha value is -1.76. The van der Waals surface area contributed by atoms with Crippen LogP contribution in [0.25, 0.3) is 0 Å². The van der Waals surface area contributed by atoms with Crippen molar-refractivity contribution >= 4 is 28.9 Å². The Kier molecular flexibility index (Phi) is 4.49. The van der Waals surface area contributed by atoms with Crippen molar-refractivity contribution in [2.75, 3.05) is 5.32 Å². The molecule has 0 saturated heterocycles. The smallest absolute Gasteiger partial charge is 0.160 e. The van der Waals surface area contributed by atoms with Gasteiger partial charge in [-0.2, -0.15) is 5.26 Å². The van der Waals surface area contributed by atoms with Crippen LogP contribution in [0.5, 0.6) is 0 Å². The summed E-state index contributed by atoms with van der Waals surface area (Å²) in [5.74, 6) is -0.627. The number of nitriles is 1. The summed E-state index contributed by atoms with van der Waals surface area (Å²) in [6, 6.07) is 12.2. The van der Waals surface area contributed by atoms with E-state index in [0.29, 0.717) is 11.3 Å². The van der Waals surface area contributed by atoms with Crippen LogP contribution in [0.15, 0.2) is 36.4 Å². The lowest BCUT2D eigenvalue weighted by Gasteiger charge is -2.16. The summed E-state index contributed by atoms with van der Waals surface area (Å²) in [5, 5.41) is 12.0. The number of hydrogen-bond acceptors (Lipinski definition) is 2. The van der Waals surface area contributed by atoms with Crippen molar-refractivity contribution in [1.29, 1.82) is 5.26 Å². The van der Waals surface area contributed by atoms with E-state index in [1.807, 2.05) is 19.1 Å². The zero-order valence-corrected chi connectivity index (χ0v) is 12.1. The fourth-order valence-electron chi connectivity index (χ4n) is 1.85. The van der Waals surface area contributed by atoms with Gasteiger partial charge in [-0.1, -0.05) is 35.3 Å². The third-order valence-corrected chi connectivity index (χ3v) is 3.43. The third kappa shape index (κ3) is 3.22. The minimum Gasteiger partial charge on any atom is -0.378 e. The first-order valence-corrected chi connectivity index (χ1v) is 6.68. The summed E-state index contributed by atoms with van der Waals surface area (Å²) >= 11 is 11.5. The van der Waals surface area contributed by atoms with E-state index in [-0.39, 0.29) is 16.1 Å². The molecular formula is C15H11Cl2FN2. The number of nitrogens with zero attached hydrogens (tertiary/aromatic N) is 1. The molecule has 2 rings (SSSR count). The number of rotatable bonds is 3. The molecule has 1 atom stereocenters. The second-order valence-electron chi connectivity index (χ2n) is 4.36. The molecule has 2 nitrogen and oxygen atoms in total. The van der Waals surface area contributed by atoms with Gasteiger partial charge in [-0.05, 0) is 36.8 Å². The van der Waals surface area contributed by atoms with E-state index >= 15 is 0 Å². The Bertz CT molecular complexity index is 657. The number of hydrogen-bond donors (Lipinski definition) is 1. The monoisotopic (exact) mass is 308 g/mol. The number of halogens is 3. The van der Waals surface area contributed by atoms with Crippen molar-refractivity contribution < 1.29 is 4.39 Å². The molecule has 0 spiro atoms. The number of anilines is 1. The summed E-state index contributed by atoms with van der Waals surface area (Å²) < 4.78 is 13.3. The van der Waals surface area contributed by atoms with E-state index in [1.54, 1.807) is 12.1 Å². The summed E-state index contributed by atoms with van der Waals surface area (Å²) in [7, 11) is 0. The minimum absolute atomic E-state index is 0.0297. The van der Waals surface area contributed by atoms with Gasteiger partial charge in [0.2, 0.25) is 0 Å². The van der Waals surface area contributed by atoms with Crippen LogP contribution in [0.2, 0.25) is 10.0 Å². The molecule has 0 bridgehead atoms. The van der Waals surface area contributed by atoms with Crippen LogP contribution in [-0.2, 0) is 0 Å². The van der Waals surface area contributed by atoms with Gasteiger partial charge in [0, 0.05) is 11.7 Å². The number of nitrogens with one attached hydrogen (secondary N) is 1. The first-order valence-electron chi connectivity index (χ1n) is 5.92. The van der Waals surface area contributed by atoms with Gasteiger partial charge in [0.05, 0.1) is 21.7 Å². The molecule has 0 aliphatic rings. The second kappa shape index (κ2) is 6.13. The van der Waals surface area contributed by atoms with Gasteiger partial charge in [0.25, 0.3) is 0 Å². The number of benzene rings is 2. The highest BCUT2D eigenvalue weighted by atomic mass is 35.5. The van der Waals surface area contributed by atoms with Gasteiger partial charge in [-0.15, -0.1) is 0 Å². The average molecular weight is 309 g/mol. The van der Waals surface area contributed by atoms with Gasteiger partial charge in [-0.25, -0.2) is 4.39 Å². The summed E-state index contributed by atoms with van der Waals surface area (Å²) in [6.45, 7) is 1.93. The molecule has 0 saturated carbocycles. The molecule has 0 radical (unpaired) electrons. The molecule has 0 aliphatic heterocycles. The van der Waals surface area contributed by atoms with Crippen molar-refractivity contribution in [2.45, 2.75) is 13.0 Å². The second-order valence-corrected chi connectivity index (χ2v) is 5.17. The Labute approximate surface area is 126 Å². The highest BCUT2D eigenvalue weighted by Crippen LogP contribution is 2.29. The molecule has 0 heterocycles. The van der Waals surface area contributed by atoms with Crippen LogP contribution in [0.4, 0.5) is 10.1 Å². The van der Waals surface area contributed by atoms with Gasteiger partial charge in [0.1, 0.15) is 0 Å². The van der Waals surface area contributed by atoms with Crippen LogP contribution in [0, 0.1) is 17.1 Å². The first kappa shape index (κ1) is 14.6. The average Bonchev–Trinajstić information content (AvgIpc) is 2.44. The Balaban J connectivity index is 2.23.